The standard InChI is InChI=1S/C15H31N3O3/c1-5-16-15(17-8-6-14(20)21-4)18-11-13(7-9-19)10-12(2)3/h12-13,19H,5-11H2,1-4H3,(H2,16,17,18). The number of aliphatic hydroxyl groups excluding tert-OH is 1. The van der Waals surface area contributed by atoms with E-state index >= 15 is 0 Å². The molecule has 0 aliphatic carbocycles. The Morgan fingerprint density at radius 3 is 2.57 bits per heavy atom. The molecule has 0 rings (SSSR count). The van der Waals surface area contributed by atoms with Crippen LogP contribution in [-0.4, -0.2) is 50.4 Å². The first-order valence-corrected chi connectivity index (χ1v) is 7.73. The van der Waals surface area contributed by atoms with Crippen LogP contribution in [0, 0.1) is 11.8 Å². The average Bonchev–Trinajstić information content (AvgIpc) is 2.43. The molecule has 0 saturated heterocycles. The van der Waals surface area contributed by atoms with Gasteiger partial charge in [-0.1, -0.05) is 13.8 Å². The summed E-state index contributed by atoms with van der Waals surface area (Å²) >= 11 is 0. The minimum atomic E-state index is -0.240. The molecule has 1 atom stereocenters. The molecule has 6 heteroatoms. The number of esters is 1. The van der Waals surface area contributed by atoms with Crippen LogP contribution in [0.1, 0.15) is 40.0 Å². The Morgan fingerprint density at radius 2 is 2.05 bits per heavy atom. The van der Waals surface area contributed by atoms with Gasteiger partial charge >= 0.3 is 5.97 Å². The highest BCUT2D eigenvalue weighted by Gasteiger charge is 2.10. The van der Waals surface area contributed by atoms with Gasteiger partial charge in [0.2, 0.25) is 0 Å². The largest absolute Gasteiger partial charge is 0.469 e. The Kier molecular flexibility index (Phi) is 11.7. The lowest BCUT2D eigenvalue weighted by Crippen LogP contribution is -2.38. The number of rotatable bonds is 10. The van der Waals surface area contributed by atoms with Crippen molar-refractivity contribution < 1.29 is 14.6 Å². The molecule has 0 amide bonds. The van der Waals surface area contributed by atoms with Gasteiger partial charge in [0, 0.05) is 26.2 Å². The number of ether oxygens (including phenoxy) is 1. The van der Waals surface area contributed by atoms with Crippen molar-refractivity contribution in [3.05, 3.63) is 0 Å². The lowest BCUT2D eigenvalue weighted by molar-refractivity contribution is -0.140. The molecular formula is C15H31N3O3. The minimum Gasteiger partial charge on any atom is -0.469 e. The summed E-state index contributed by atoms with van der Waals surface area (Å²) < 4.78 is 4.60. The van der Waals surface area contributed by atoms with E-state index in [0.717, 1.165) is 19.4 Å². The van der Waals surface area contributed by atoms with Crippen molar-refractivity contribution in [2.24, 2.45) is 16.8 Å². The Labute approximate surface area is 128 Å². The number of nitrogens with one attached hydrogen (secondary N) is 2. The van der Waals surface area contributed by atoms with Gasteiger partial charge in [0.1, 0.15) is 0 Å². The fourth-order valence-electron chi connectivity index (χ4n) is 2.08. The van der Waals surface area contributed by atoms with Crippen LogP contribution in [0.4, 0.5) is 0 Å². The van der Waals surface area contributed by atoms with E-state index in [2.05, 4.69) is 34.2 Å². The second-order valence-corrected chi connectivity index (χ2v) is 5.48. The monoisotopic (exact) mass is 301 g/mol. The Hall–Kier alpha value is -1.30. The van der Waals surface area contributed by atoms with E-state index in [-0.39, 0.29) is 12.6 Å². The van der Waals surface area contributed by atoms with Crippen LogP contribution in [0.3, 0.4) is 0 Å². The van der Waals surface area contributed by atoms with Gasteiger partial charge in [0.25, 0.3) is 0 Å². The molecule has 0 fully saturated rings. The molecule has 0 saturated carbocycles. The maximum atomic E-state index is 11.1. The van der Waals surface area contributed by atoms with Crippen LogP contribution in [0.2, 0.25) is 0 Å². The molecule has 0 aromatic carbocycles. The van der Waals surface area contributed by atoms with Crippen molar-refractivity contribution in [3.63, 3.8) is 0 Å². The number of carbonyl (C=O) groups excluding carboxylic acids is 1. The molecule has 21 heavy (non-hydrogen) atoms. The van der Waals surface area contributed by atoms with Gasteiger partial charge in [-0.25, -0.2) is 0 Å². The summed E-state index contributed by atoms with van der Waals surface area (Å²) in [5.41, 5.74) is 0. The predicted molar refractivity (Wildman–Crippen MR) is 85.3 cm³/mol. The second kappa shape index (κ2) is 12.4. The molecule has 1 unspecified atom stereocenters. The van der Waals surface area contributed by atoms with Crippen molar-refractivity contribution >= 4 is 11.9 Å². The van der Waals surface area contributed by atoms with Gasteiger partial charge in [-0.05, 0) is 31.6 Å². The lowest BCUT2D eigenvalue weighted by Gasteiger charge is -2.17. The Balaban J connectivity index is 4.36. The van der Waals surface area contributed by atoms with Crippen molar-refractivity contribution in [1.29, 1.82) is 0 Å². The van der Waals surface area contributed by atoms with Gasteiger partial charge in [0.05, 0.1) is 13.5 Å². The summed E-state index contributed by atoms with van der Waals surface area (Å²) in [7, 11) is 1.38. The molecule has 3 N–H and O–H groups in total. The van der Waals surface area contributed by atoms with Gasteiger partial charge in [0.15, 0.2) is 5.96 Å². The number of carbonyl (C=O) groups is 1. The summed E-state index contributed by atoms with van der Waals surface area (Å²) in [5.74, 6) is 1.43. The van der Waals surface area contributed by atoms with Crippen molar-refractivity contribution in [3.8, 4) is 0 Å². The summed E-state index contributed by atoms with van der Waals surface area (Å²) in [6, 6.07) is 0. The zero-order valence-electron chi connectivity index (χ0n) is 13.8. The van der Waals surface area contributed by atoms with Crippen LogP contribution >= 0.6 is 0 Å². The molecule has 6 nitrogen and oxygen atoms in total. The van der Waals surface area contributed by atoms with Crippen LogP contribution in [0.15, 0.2) is 4.99 Å². The van der Waals surface area contributed by atoms with Crippen LogP contribution in [0.25, 0.3) is 0 Å². The Morgan fingerprint density at radius 1 is 1.33 bits per heavy atom. The van der Waals surface area contributed by atoms with E-state index in [9.17, 15) is 4.79 Å². The van der Waals surface area contributed by atoms with Gasteiger partial charge in [-0.3, -0.25) is 9.79 Å². The number of guanidine groups is 1. The molecule has 0 aromatic rings. The number of methoxy groups -OCH3 is 1. The first kappa shape index (κ1) is 19.7. The third kappa shape index (κ3) is 11.1. The van der Waals surface area contributed by atoms with E-state index in [4.69, 9.17) is 5.11 Å². The van der Waals surface area contributed by atoms with Crippen LogP contribution in [-0.2, 0) is 9.53 Å². The zero-order valence-corrected chi connectivity index (χ0v) is 13.8. The number of hydrogen-bond donors (Lipinski definition) is 3. The smallest absolute Gasteiger partial charge is 0.307 e. The first-order chi connectivity index (χ1) is 10.0. The zero-order chi connectivity index (χ0) is 16.1. The SMILES string of the molecule is CCNC(=NCC(CCO)CC(C)C)NCCC(=O)OC. The molecule has 0 bridgehead atoms. The normalized spacial score (nSPS) is 13.1. The van der Waals surface area contributed by atoms with Crippen molar-refractivity contribution in [1.82, 2.24) is 10.6 Å². The molecule has 0 radical (unpaired) electrons. The van der Waals surface area contributed by atoms with E-state index in [1.54, 1.807) is 0 Å². The highest BCUT2D eigenvalue weighted by Crippen LogP contribution is 2.15. The number of aliphatic hydroxyl groups is 1. The highest BCUT2D eigenvalue weighted by molar-refractivity contribution is 5.80. The molecule has 0 aliphatic rings. The van der Waals surface area contributed by atoms with Gasteiger partial charge in [-0.15, -0.1) is 0 Å². The predicted octanol–water partition coefficient (Wildman–Crippen LogP) is 1.15. The van der Waals surface area contributed by atoms with Gasteiger partial charge in [-0.2, -0.15) is 0 Å². The van der Waals surface area contributed by atoms with E-state index in [1.165, 1.54) is 7.11 Å². The van der Waals surface area contributed by atoms with Crippen LogP contribution in [0.5, 0.6) is 0 Å². The summed E-state index contributed by atoms with van der Waals surface area (Å²) in [5, 5.41) is 15.4. The molecule has 124 valence electrons. The first-order valence-electron chi connectivity index (χ1n) is 7.73. The maximum Gasteiger partial charge on any atom is 0.307 e. The van der Waals surface area contributed by atoms with E-state index in [0.29, 0.717) is 37.3 Å². The van der Waals surface area contributed by atoms with Crippen LogP contribution < -0.4 is 10.6 Å². The van der Waals surface area contributed by atoms with Crippen molar-refractivity contribution in [2.75, 3.05) is 33.4 Å². The lowest BCUT2D eigenvalue weighted by atomic mass is 9.94. The highest BCUT2D eigenvalue weighted by atomic mass is 16.5. The summed E-state index contributed by atoms with van der Waals surface area (Å²) in [6.45, 7) is 8.47. The Bertz CT molecular complexity index is 307. The second-order valence-electron chi connectivity index (χ2n) is 5.48. The summed E-state index contributed by atoms with van der Waals surface area (Å²) in [6.07, 6.45) is 2.13. The quantitative estimate of drug-likeness (QED) is 0.320. The number of aliphatic imine (C=N–C) groups is 1. The molecule has 0 aromatic heterocycles. The average molecular weight is 301 g/mol. The van der Waals surface area contributed by atoms with Crippen molar-refractivity contribution in [2.45, 2.75) is 40.0 Å². The fraction of sp³-hybridized carbons (Fsp3) is 0.867. The van der Waals surface area contributed by atoms with E-state index < -0.39 is 0 Å². The number of nitrogens with zero attached hydrogens (tertiary/aromatic N) is 1. The maximum absolute atomic E-state index is 11.1. The molecule has 0 heterocycles. The molecule has 0 aliphatic heterocycles. The van der Waals surface area contributed by atoms with Gasteiger partial charge < -0.3 is 20.5 Å². The molecule has 0 spiro atoms. The molecular weight excluding hydrogens is 270 g/mol. The third-order valence-electron chi connectivity index (χ3n) is 3.04. The minimum absolute atomic E-state index is 0.194. The third-order valence-corrected chi connectivity index (χ3v) is 3.04. The topological polar surface area (TPSA) is 83.0 Å². The fourth-order valence-corrected chi connectivity index (χ4v) is 2.08. The van der Waals surface area contributed by atoms with E-state index in [1.807, 2.05) is 6.92 Å². The number of hydrogen-bond acceptors (Lipinski definition) is 4. The summed E-state index contributed by atoms with van der Waals surface area (Å²) in [4.78, 5) is 15.6.